The van der Waals surface area contributed by atoms with Crippen molar-refractivity contribution in [3.05, 3.63) is 89.2 Å². The SMILES string of the molecule is Cc1cccc2sc(N(Cc3cccnc3)C(=O)c3ccc(C#N)cc3)nc12. The number of benzene rings is 2. The van der Waals surface area contributed by atoms with Crippen LogP contribution in [0.5, 0.6) is 0 Å². The minimum Gasteiger partial charge on any atom is -0.279 e. The molecule has 4 rings (SSSR count). The van der Waals surface area contributed by atoms with E-state index in [1.165, 1.54) is 11.3 Å². The number of nitriles is 1. The van der Waals surface area contributed by atoms with Crippen molar-refractivity contribution in [3.8, 4) is 6.07 Å². The van der Waals surface area contributed by atoms with Crippen LogP contribution in [0.1, 0.15) is 27.0 Å². The van der Waals surface area contributed by atoms with Crippen LogP contribution in [0.4, 0.5) is 5.13 Å². The zero-order valence-electron chi connectivity index (χ0n) is 15.2. The van der Waals surface area contributed by atoms with Crippen molar-refractivity contribution in [2.45, 2.75) is 13.5 Å². The predicted octanol–water partition coefficient (Wildman–Crippen LogP) is 4.72. The molecular formula is C22H16N4OS. The topological polar surface area (TPSA) is 69.9 Å². The molecule has 0 saturated carbocycles. The van der Waals surface area contributed by atoms with Gasteiger partial charge >= 0.3 is 0 Å². The molecule has 5 nitrogen and oxygen atoms in total. The fourth-order valence-electron chi connectivity index (χ4n) is 2.93. The predicted molar refractivity (Wildman–Crippen MR) is 110 cm³/mol. The number of amides is 1. The molecule has 0 N–H and O–H groups in total. The number of hydrogen-bond acceptors (Lipinski definition) is 5. The van der Waals surface area contributed by atoms with Crippen molar-refractivity contribution in [2.24, 2.45) is 0 Å². The van der Waals surface area contributed by atoms with Crippen molar-refractivity contribution >= 4 is 32.6 Å². The standard InChI is InChI=1S/C22H16N4OS/c1-15-4-2-6-19-20(15)25-22(28-19)26(14-17-5-3-11-24-13-17)21(27)18-9-7-16(12-23)8-10-18/h2-11,13H,14H2,1H3. The van der Waals surface area contributed by atoms with Crippen LogP contribution in [0.15, 0.2) is 67.0 Å². The van der Waals surface area contributed by atoms with Crippen molar-refractivity contribution in [2.75, 3.05) is 4.90 Å². The molecule has 0 radical (unpaired) electrons. The molecule has 0 bridgehead atoms. The average molecular weight is 384 g/mol. The van der Waals surface area contributed by atoms with Crippen LogP contribution in [0.2, 0.25) is 0 Å². The number of hydrogen-bond donors (Lipinski definition) is 0. The van der Waals surface area contributed by atoms with E-state index in [0.29, 0.717) is 22.8 Å². The Morgan fingerprint density at radius 2 is 1.96 bits per heavy atom. The number of nitrogens with zero attached hydrogens (tertiary/aromatic N) is 4. The number of carbonyl (C=O) groups is 1. The van der Waals surface area contributed by atoms with Gasteiger partial charge in [-0.15, -0.1) is 0 Å². The number of para-hydroxylation sites is 1. The summed E-state index contributed by atoms with van der Waals surface area (Å²) in [4.78, 5) is 23.9. The quantitative estimate of drug-likeness (QED) is 0.510. The Labute approximate surface area is 166 Å². The molecule has 2 aromatic heterocycles. The van der Waals surface area contributed by atoms with E-state index in [9.17, 15) is 4.79 Å². The van der Waals surface area contributed by atoms with Gasteiger partial charge in [0, 0.05) is 18.0 Å². The second kappa shape index (κ2) is 7.59. The van der Waals surface area contributed by atoms with E-state index in [-0.39, 0.29) is 5.91 Å². The van der Waals surface area contributed by atoms with E-state index in [0.717, 1.165) is 21.3 Å². The first-order valence-corrected chi connectivity index (χ1v) is 9.54. The number of carbonyl (C=O) groups excluding carboxylic acids is 1. The summed E-state index contributed by atoms with van der Waals surface area (Å²) in [6.45, 7) is 2.38. The van der Waals surface area contributed by atoms with E-state index >= 15 is 0 Å². The third kappa shape index (κ3) is 3.48. The molecule has 0 spiro atoms. The van der Waals surface area contributed by atoms with Crippen LogP contribution in [0.25, 0.3) is 10.2 Å². The Balaban J connectivity index is 1.77. The van der Waals surface area contributed by atoms with E-state index in [2.05, 4.69) is 11.1 Å². The molecule has 0 unspecified atom stereocenters. The summed E-state index contributed by atoms with van der Waals surface area (Å²) in [5.41, 5.74) is 3.93. The van der Waals surface area contributed by atoms with Gasteiger partial charge in [0.25, 0.3) is 5.91 Å². The second-order valence-electron chi connectivity index (χ2n) is 6.36. The first-order valence-electron chi connectivity index (χ1n) is 8.73. The summed E-state index contributed by atoms with van der Waals surface area (Å²) in [7, 11) is 0. The molecule has 136 valence electrons. The molecule has 0 fully saturated rings. The van der Waals surface area contributed by atoms with Gasteiger partial charge in [-0.25, -0.2) is 4.98 Å². The number of aryl methyl sites for hydroxylation is 1. The van der Waals surface area contributed by atoms with Gasteiger partial charge in [0.05, 0.1) is 28.4 Å². The summed E-state index contributed by atoms with van der Waals surface area (Å²) in [6, 6.07) is 18.5. The molecular weight excluding hydrogens is 368 g/mol. The molecule has 0 aliphatic heterocycles. The van der Waals surface area contributed by atoms with Gasteiger partial charge in [0.15, 0.2) is 5.13 Å². The molecule has 0 aliphatic carbocycles. The normalized spacial score (nSPS) is 10.6. The highest BCUT2D eigenvalue weighted by Crippen LogP contribution is 2.32. The summed E-state index contributed by atoms with van der Waals surface area (Å²) < 4.78 is 1.04. The van der Waals surface area contributed by atoms with Crippen molar-refractivity contribution < 1.29 is 4.79 Å². The number of anilines is 1. The van der Waals surface area contributed by atoms with Gasteiger partial charge in [-0.3, -0.25) is 14.7 Å². The Morgan fingerprint density at radius 1 is 1.14 bits per heavy atom. The first-order chi connectivity index (χ1) is 13.7. The van der Waals surface area contributed by atoms with Crippen molar-refractivity contribution in [1.29, 1.82) is 5.26 Å². The van der Waals surface area contributed by atoms with Crippen LogP contribution in [-0.2, 0) is 6.54 Å². The summed E-state index contributed by atoms with van der Waals surface area (Å²) >= 11 is 1.49. The van der Waals surface area contributed by atoms with E-state index < -0.39 is 0 Å². The molecule has 28 heavy (non-hydrogen) atoms. The fraction of sp³-hybridized carbons (Fsp3) is 0.0909. The molecule has 0 atom stereocenters. The summed E-state index contributed by atoms with van der Waals surface area (Å²) in [6.07, 6.45) is 3.45. The Morgan fingerprint density at radius 3 is 2.64 bits per heavy atom. The molecule has 2 aromatic carbocycles. The van der Waals surface area contributed by atoms with E-state index in [4.69, 9.17) is 10.2 Å². The lowest BCUT2D eigenvalue weighted by atomic mass is 10.1. The van der Waals surface area contributed by atoms with Crippen LogP contribution < -0.4 is 4.90 Å². The molecule has 2 heterocycles. The summed E-state index contributed by atoms with van der Waals surface area (Å²) in [5.74, 6) is -0.162. The minimum atomic E-state index is -0.162. The molecule has 6 heteroatoms. The largest absolute Gasteiger partial charge is 0.279 e. The number of rotatable bonds is 4. The summed E-state index contributed by atoms with van der Waals surface area (Å²) in [5, 5.41) is 9.64. The average Bonchev–Trinajstić information content (AvgIpc) is 3.18. The lowest BCUT2D eigenvalue weighted by Gasteiger charge is -2.20. The molecule has 0 aliphatic rings. The lowest BCUT2D eigenvalue weighted by Crippen LogP contribution is -2.30. The molecule has 1 amide bonds. The maximum atomic E-state index is 13.3. The third-order valence-electron chi connectivity index (χ3n) is 4.41. The van der Waals surface area contributed by atoms with Gasteiger partial charge in [-0.05, 0) is 54.4 Å². The monoisotopic (exact) mass is 384 g/mol. The van der Waals surface area contributed by atoms with Crippen molar-refractivity contribution in [3.63, 3.8) is 0 Å². The number of fused-ring (bicyclic) bond motifs is 1. The minimum absolute atomic E-state index is 0.162. The van der Waals surface area contributed by atoms with Crippen LogP contribution in [0, 0.1) is 18.3 Å². The maximum Gasteiger partial charge on any atom is 0.260 e. The van der Waals surface area contributed by atoms with Gasteiger partial charge in [-0.1, -0.05) is 29.5 Å². The zero-order chi connectivity index (χ0) is 19.5. The Bertz CT molecular complexity index is 1180. The third-order valence-corrected chi connectivity index (χ3v) is 5.45. The van der Waals surface area contributed by atoms with Crippen LogP contribution >= 0.6 is 11.3 Å². The van der Waals surface area contributed by atoms with E-state index in [1.54, 1.807) is 41.6 Å². The number of pyridine rings is 1. The van der Waals surface area contributed by atoms with Gasteiger partial charge in [0.1, 0.15) is 0 Å². The first kappa shape index (κ1) is 17.8. The Hall–Kier alpha value is -3.56. The Kier molecular flexibility index (Phi) is 4.83. The van der Waals surface area contributed by atoms with Gasteiger partial charge in [0.2, 0.25) is 0 Å². The maximum absolute atomic E-state index is 13.3. The highest BCUT2D eigenvalue weighted by molar-refractivity contribution is 7.22. The van der Waals surface area contributed by atoms with E-state index in [1.807, 2.05) is 37.3 Å². The smallest absolute Gasteiger partial charge is 0.260 e. The van der Waals surface area contributed by atoms with Gasteiger partial charge < -0.3 is 0 Å². The highest BCUT2D eigenvalue weighted by atomic mass is 32.1. The number of aromatic nitrogens is 2. The van der Waals surface area contributed by atoms with Crippen molar-refractivity contribution in [1.82, 2.24) is 9.97 Å². The van der Waals surface area contributed by atoms with Crippen LogP contribution in [0.3, 0.4) is 0 Å². The lowest BCUT2D eigenvalue weighted by molar-refractivity contribution is 0.0985. The molecule has 0 saturated heterocycles. The zero-order valence-corrected chi connectivity index (χ0v) is 16.0. The fourth-order valence-corrected chi connectivity index (χ4v) is 3.97. The molecule has 4 aromatic rings. The van der Waals surface area contributed by atoms with Crippen LogP contribution in [-0.4, -0.2) is 15.9 Å². The van der Waals surface area contributed by atoms with Gasteiger partial charge in [-0.2, -0.15) is 5.26 Å². The highest BCUT2D eigenvalue weighted by Gasteiger charge is 2.22. The second-order valence-corrected chi connectivity index (χ2v) is 7.37. The number of thiazole rings is 1.